The summed E-state index contributed by atoms with van der Waals surface area (Å²) in [5.74, 6) is 2.93. The van der Waals surface area contributed by atoms with Crippen LogP contribution in [0, 0.1) is 34.5 Å². The van der Waals surface area contributed by atoms with E-state index in [1.54, 1.807) is 18.3 Å². The molecule has 0 bridgehead atoms. The maximum Gasteiger partial charge on any atom is 0.246 e. The molecule has 172 valence electrons. The number of nitrogens with zero attached hydrogens (tertiary/aromatic N) is 2. The molecule has 2 amide bonds. The Kier molecular flexibility index (Phi) is 5.10. The van der Waals surface area contributed by atoms with Crippen LogP contribution in [-0.4, -0.2) is 34.8 Å². The first-order valence-corrected chi connectivity index (χ1v) is 12.2. The number of nitrogen functional groups attached to an aromatic ring is 1. The molecule has 0 aromatic carbocycles. The Balaban J connectivity index is 1.32. The van der Waals surface area contributed by atoms with Crippen molar-refractivity contribution in [1.82, 2.24) is 9.88 Å². The molecule has 1 aliphatic heterocycles. The van der Waals surface area contributed by atoms with E-state index in [1.165, 1.54) is 25.7 Å². The van der Waals surface area contributed by atoms with Crippen molar-refractivity contribution in [3.63, 3.8) is 0 Å². The van der Waals surface area contributed by atoms with E-state index in [2.05, 4.69) is 30.2 Å². The van der Waals surface area contributed by atoms with Crippen molar-refractivity contribution in [2.24, 2.45) is 34.5 Å². The van der Waals surface area contributed by atoms with Gasteiger partial charge in [-0.25, -0.2) is 4.98 Å². The van der Waals surface area contributed by atoms with E-state index in [1.807, 2.05) is 18.0 Å². The van der Waals surface area contributed by atoms with E-state index in [9.17, 15) is 9.59 Å². The van der Waals surface area contributed by atoms with Crippen molar-refractivity contribution < 1.29 is 9.59 Å². The minimum atomic E-state index is 0.0460. The van der Waals surface area contributed by atoms with Crippen LogP contribution in [0.4, 0.5) is 11.5 Å². The fourth-order valence-corrected chi connectivity index (χ4v) is 8.13. The Morgan fingerprint density at radius 3 is 2.81 bits per heavy atom. The number of carbonyl (C=O) groups excluding carboxylic acids is 2. The number of rotatable bonds is 3. The monoisotopic (exact) mass is 436 g/mol. The predicted octanol–water partition coefficient (Wildman–Crippen LogP) is 4.25. The number of carbonyl (C=O) groups is 2. The molecule has 3 saturated carbocycles. The topological polar surface area (TPSA) is 88.3 Å². The van der Waals surface area contributed by atoms with Crippen molar-refractivity contribution in [3.8, 4) is 0 Å². The average molecular weight is 437 g/mol. The largest absolute Gasteiger partial charge is 0.382 e. The molecule has 1 aromatic rings. The van der Waals surface area contributed by atoms with E-state index in [0.717, 1.165) is 12.8 Å². The molecule has 0 radical (unpaired) electrons. The Hall–Kier alpha value is -2.37. The van der Waals surface area contributed by atoms with Crippen molar-refractivity contribution in [2.75, 3.05) is 18.1 Å². The van der Waals surface area contributed by atoms with Gasteiger partial charge in [0.2, 0.25) is 11.8 Å². The van der Waals surface area contributed by atoms with Crippen LogP contribution in [0.25, 0.3) is 0 Å². The van der Waals surface area contributed by atoms with Gasteiger partial charge in [-0.3, -0.25) is 9.59 Å². The number of anilines is 2. The summed E-state index contributed by atoms with van der Waals surface area (Å²) >= 11 is 0. The first-order valence-electron chi connectivity index (χ1n) is 12.2. The van der Waals surface area contributed by atoms with Gasteiger partial charge < -0.3 is 16.0 Å². The van der Waals surface area contributed by atoms with Crippen molar-refractivity contribution >= 4 is 23.3 Å². The second kappa shape index (κ2) is 7.60. The van der Waals surface area contributed by atoms with Gasteiger partial charge in [0.25, 0.3) is 0 Å². The van der Waals surface area contributed by atoms with Crippen molar-refractivity contribution in [1.29, 1.82) is 0 Å². The van der Waals surface area contributed by atoms with Crippen LogP contribution < -0.4 is 11.1 Å². The van der Waals surface area contributed by atoms with Crippen molar-refractivity contribution in [2.45, 2.75) is 64.8 Å². The molecule has 3 aliphatic carbocycles. The van der Waals surface area contributed by atoms with Crippen molar-refractivity contribution in [3.05, 3.63) is 30.5 Å². The summed E-state index contributed by atoms with van der Waals surface area (Å²) in [5.41, 5.74) is 6.80. The number of fused-ring (bicyclic) bond motifs is 5. The van der Waals surface area contributed by atoms with E-state index < -0.39 is 0 Å². The second-order valence-electron chi connectivity index (χ2n) is 11.1. The van der Waals surface area contributed by atoms with Gasteiger partial charge in [-0.1, -0.05) is 19.9 Å². The Bertz CT molecular complexity index is 961. The number of aromatic nitrogens is 1. The summed E-state index contributed by atoms with van der Waals surface area (Å²) in [6, 6.07) is 3.92. The van der Waals surface area contributed by atoms with Gasteiger partial charge >= 0.3 is 0 Å². The first-order chi connectivity index (χ1) is 15.2. The number of hydrogen-bond donors (Lipinski definition) is 2. The molecule has 7 atom stereocenters. The van der Waals surface area contributed by atoms with Crippen LogP contribution in [0.2, 0.25) is 0 Å². The highest BCUT2D eigenvalue weighted by Crippen LogP contribution is 2.65. The van der Waals surface area contributed by atoms with Gasteiger partial charge in [0, 0.05) is 31.1 Å². The zero-order valence-electron chi connectivity index (χ0n) is 19.5. The van der Waals surface area contributed by atoms with Crippen LogP contribution in [-0.2, 0) is 9.59 Å². The molecular weight excluding hydrogens is 400 g/mol. The molecule has 4 unspecified atom stereocenters. The van der Waals surface area contributed by atoms with Gasteiger partial charge in [0.15, 0.2) is 0 Å². The van der Waals surface area contributed by atoms with Gasteiger partial charge in [-0.15, -0.1) is 0 Å². The Labute approximate surface area is 191 Å². The zero-order chi connectivity index (χ0) is 22.7. The van der Waals surface area contributed by atoms with Crippen LogP contribution >= 0.6 is 0 Å². The number of hydrogen-bond acceptors (Lipinski definition) is 4. The van der Waals surface area contributed by atoms with Gasteiger partial charge in [-0.2, -0.15) is 0 Å². The van der Waals surface area contributed by atoms with Crippen LogP contribution in [0.1, 0.15) is 58.8 Å². The summed E-state index contributed by atoms with van der Waals surface area (Å²) in [5, 5.41) is 2.99. The molecule has 6 nitrogen and oxygen atoms in total. The highest BCUT2D eigenvalue weighted by molar-refractivity contribution is 5.93. The van der Waals surface area contributed by atoms with Gasteiger partial charge in [0.05, 0.1) is 5.69 Å². The normalized spacial score (nSPS) is 40.4. The fraction of sp³-hybridized carbons (Fsp3) is 0.654. The smallest absolute Gasteiger partial charge is 0.246 e. The molecule has 4 aliphatic rings. The standard InChI is InChI=1S/C26H36N4O2/c1-25-12-10-19-17(7-9-21-26(19,2)13-11-23(32)30(21)3)18(25)8-6-16(25)15-22(31)29-20-5-4-14-28-24(20)27/h4-5,11,13-14,16-19,21H,6-10,12,15H2,1-3H3,(H2,27,28)(H,29,31)/t16-,17?,18?,19?,21?,25-,26-/m1/s1. The number of likely N-dealkylation sites (N-methyl/N-ethyl adjacent to an activating group) is 1. The van der Waals surface area contributed by atoms with Crippen LogP contribution in [0.15, 0.2) is 30.5 Å². The molecular formula is C26H36N4O2. The minimum Gasteiger partial charge on any atom is -0.382 e. The van der Waals surface area contributed by atoms with Gasteiger partial charge in [-0.05, 0) is 85.8 Å². The first kappa shape index (κ1) is 21.5. The fourth-order valence-electron chi connectivity index (χ4n) is 8.13. The molecule has 2 heterocycles. The molecule has 32 heavy (non-hydrogen) atoms. The summed E-state index contributed by atoms with van der Waals surface area (Å²) in [4.78, 5) is 31.2. The molecule has 0 saturated heterocycles. The highest BCUT2D eigenvalue weighted by Gasteiger charge is 2.60. The number of pyridine rings is 1. The quantitative estimate of drug-likeness (QED) is 0.741. The maximum absolute atomic E-state index is 12.9. The molecule has 0 spiro atoms. The summed E-state index contributed by atoms with van der Waals surface area (Å²) < 4.78 is 0. The summed E-state index contributed by atoms with van der Waals surface area (Å²) in [6.07, 6.45) is 13.2. The summed E-state index contributed by atoms with van der Waals surface area (Å²) in [7, 11) is 1.97. The lowest BCUT2D eigenvalue weighted by Gasteiger charge is -2.60. The van der Waals surface area contributed by atoms with Gasteiger partial charge in [0.1, 0.15) is 5.82 Å². The lowest BCUT2D eigenvalue weighted by atomic mass is 9.47. The molecule has 6 heteroatoms. The molecule has 3 fully saturated rings. The third-order valence-corrected chi connectivity index (χ3v) is 9.87. The van der Waals surface area contributed by atoms with Crippen LogP contribution in [0.3, 0.4) is 0 Å². The minimum absolute atomic E-state index is 0.0460. The van der Waals surface area contributed by atoms with E-state index in [0.29, 0.717) is 47.6 Å². The zero-order valence-corrected chi connectivity index (χ0v) is 19.5. The lowest BCUT2D eigenvalue weighted by Crippen LogP contribution is -2.59. The molecule has 3 N–H and O–H groups in total. The number of amides is 2. The third-order valence-electron chi connectivity index (χ3n) is 9.87. The maximum atomic E-state index is 12.9. The number of nitrogens with one attached hydrogen (secondary N) is 1. The van der Waals surface area contributed by atoms with E-state index in [4.69, 9.17) is 5.73 Å². The van der Waals surface area contributed by atoms with E-state index in [-0.39, 0.29) is 22.6 Å². The van der Waals surface area contributed by atoms with Crippen LogP contribution in [0.5, 0.6) is 0 Å². The highest BCUT2D eigenvalue weighted by atomic mass is 16.2. The van der Waals surface area contributed by atoms with E-state index >= 15 is 0 Å². The Morgan fingerprint density at radius 1 is 1.22 bits per heavy atom. The predicted molar refractivity (Wildman–Crippen MR) is 125 cm³/mol. The summed E-state index contributed by atoms with van der Waals surface area (Å²) in [6.45, 7) is 4.83. The number of nitrogens with two attached hydrogens (primary N) is 1. The third kappa shape index (κ3) is 3.17. The SMILES string of the molecule is CN1C(=O)C=C[C@]2(C)C3CC[C@@]4(C)C(CC[C@@H]4CC(=O)Nc4cccnc4N)C3CCC12. The lowest BCUT2D eigenvalue weighted by molar-refractivity contribution is -0.139. The average Bonchev–Trinajstić information content (AvgIpc) is 3.09. The Morgan fingerprint density at radius 2 is 2.03 bits per heavy atom. The molecule has 1 aromatic heterocycles. The molecule has 5 rings (SSSR count). The second-order valence-corrected chi connectivity index (χ2v) is 11.1.